The number of fused-ring (bicyclic) bond motifs is 1. The van der Waals surface area contributed by atoms with E-state index in [1.807, 2.05) is 0 Å². The lowest BCUT2D eigenvalue weighted by Crippen LogP contribution is -2.67. The molecule has 3 bridgehead atoms. The highest BCUT2D eigenvalue weighted by Crippen LogP contribution is 2.65. The number of urea groups is 1. The minimum atomic E-state index is -3.65. The van der Waals surface area contributed by atoms with Gasteiger partial charge in [-0.1, -0.05) is 12.8 Å². The summed E-state index contributed by atoms with van der Waals surface area (Å²) in [4.78, 5) is 12.4. The first-order chi connectivity index (χ1) is 11.8. The lowest BCUT2D eigenvalue weighted by atomic mass is 9.43. The van der Waals surface area contributed by atoms with Crippen LogP contribution >= 0.6 is 0 Å². The molecule has 1 heterocycles. The van der Waals surface area contributed by atoms with Crippen LogP contribution < -0.4 is 20.1 Å². The average molecular weight is 350 g/mol. The molecule has 4 fully saturated rings. The molecular formula is C18H20F2N2O3. The molecule has 1 aliphatic heterocycles. The molecule has 0 saturated heterocycles. The molecule has 0 aromatic heterocycles. The van der Waals surface area contributed by atoms with Crippen molar-refractivity contribution < 1.29 is 23.0 Å². The average Bonchev–Trinajstić information content (AvgIpc) is 2.78. The third kappa shape index (κ3) is 2.51. The van der Waals surface area contributed by atoms with Gasteiger partial charge in [-0.05, 0) is 55.6 Å². The van der Waals surface area contributed by atoms with E-state index in [0.717, 1.165) is 25.2 Å². The van der Waals surface area contributed by atoms with E-state index in [9.17, 15) is 13.6 Å². The van der Waals surface area contributed by atoms with Crippen LogP contribution in [0.3, 0.4) is 0 Å². The molecule has 2 N–H and O–H groups in total. The first-order valence-electron chi connectivity index (χ1n) is 8.84. The summed E-state index contributed by atoms with van der Waals surface area (Å²) in [7, 11) is 0. The van der Waals surface area contributed by atoms with Gasteiger partial charge in [0.15, 0.2) is 11.5 Å². The number of hydrogen-bond acceptors (Lipinski definition) is 3. The minimum absolute atomic E-state index is 0.0319. The van der Waals surface area contributed by atoms with Gasteiger partial charge in [0.2, 0.25) is 0 Å². The van der Waals surface area contributed by atoms with Gasteiger partial charge in [0.1, 0.15) is 0 Å². The Kier molecular flexibility index (Phi) is 2.90. The lowest BCUT2D eigenvalue weighted by molar-refractivity contribution is -0.286. The molecule has 2 amide bonds. The van der Waals surface area contributed by atoms with Crippen LogP contribution in [0.1, 0.15) is 44.9 Å². The number of alkyl halides is 2. The fraction of sp³-hybridized carbons (Fsp3) is 0.611. The van der Waals surface area contributed by atoms with Crippen LogP contribution in [0.25, 0.3) is 0 Å². The van der Waals surface area contributed by atoms with Crippen molar-refractivity contribution in [3.8, 4) is 11.5 Å². The van der Waals surface area contributed by atoms with E-state index in [1.165, 1.54) is 43.9 Å². The molecular weight excluding hydrogens is 330 g/mol. The number of anilines is 1. The van der Waals surface area contributed by atoms with Crippen LogP contribution in [0.2, 0.25) is 0 Å². The van der Waals surface area contributed by atoms with E-state index in [0.29, 0.717) is 11.1 Å². The van der Waals surface area contributed by atoms with Crippen LogP contribution in [0.15, 0.2) is 18.2 Å². The fourth-order valence-electron chi connectivity index (χ4n) is 5.73. The maximum Gasteiger partial charge on any atom is 0.586 e. The van der Waals surface area contributed by atoms with Gasteiger partial charge in [0.25, 0.3) is 0 Å². The zero-order valence-electron chi connectivity index (χ0n) is 13.7. The van der Waals surface area contributed by atoms with Crippen molar-refractivity contribution in [1.29, 1.82) is 0 Å². The number of rotatable bonds is 2. The Bertz CT molecular complexity index is 740. The quantitative estimate of drug-likeness (QED) is 0.839. The van der Waals surface area contributed by atoms with Crippen molar-refractivity contribution in [3.63, 3.8) is 0 Å². The van der Waals surface area contributed by atoms with E-state index in [2.05, 4.69) is 20.1 Å². The zero-order chi connectivity index (χ0) is 17.3. The third-order valence-corrected chi connectivity index (χ3v) is 6.19. The molecule has 4 aliphatic carbocycles. The molecule has 25 heavy (non-hydrogen) atoms. The summed E-state index contributed by atoms with van der Waals surface area (Å²) in [5.74, 6) is 0.621. The topological polar surface area (TPSA) is 59.6 Å². The molecule has 1 unspecified atom stereocenters. The molecule has 6 rings (SSSR count). The van der Waals surface area contributed by atoms with Crippen molar-refractivity contribution in [1.82, 2.24) is 5.32 Å². The highest BCUT2D eigenvalue weighted by atomic mass is 19.3. The number of ether oxygens (including phenoxy) is 2. The van der Waals surface area contributed by atoms with Gasteiger partial charge in [-0.3, -0.25) is 0 Å². The Hall–Kier alpha value is -2.05. The molecule has 134 valence electrons. The molecule has 1 aromatic carbocycles. The van der Waals surface area contributed by atoms with E-state index in [4.69, 9.17) is 0 Å². The Morgan fingerprint density at radius 1 is 1.16 bits per heavy atom. The van der Waals surface area contributed by atoms with Crippen LogP contribution in [-0.2, 0) is 0 Å². The number of benzene rings is 1. The Morgan fingerprint density at radius 2 is 1.96 bits per heavy atom. The van der Waals surface area contributed by atoms with Gasteiger partial charge in [-0.15, -0.1) is 8.78 Å². The highest BCUT2D eigenvalue weighted by molar-refractivity contribution is 5.90. The van der Waals surface area contributed by atoms with Gasteiger partial charge in [0.05, 0.1) is 0 Å². The maximum absolute atomic E-state index is 13.1. The van der Waals surface area contributed by atoms with Gasteiger partial charge in [0, 0.05) is 17.3 Å². The third-order valence-electron chi connectivity index (χ3n) is 6.19. The molecule has 1 spiro atoms. The van der Waals surface area contributed by atoms with Crippen molar-refractivity contribution in [3.05, 3.63) is 18.2 Å². The van der Waals surface area contributed by atoms with Crippen LogP contribution in [0, 0.1) is 11.3 Å². The zero-order valence-corrected chi connectivity index (χ0v) is 13.7. The summed E-state index contributed by atoms with van der Waals surface area (Å²) < 4.78 is 34.9. The van der Waals surface area contributed by atoms with Gasteiger partial charge in [-0.25, -0.2) is 4.79 Å². The Morgan fingerprint density at radius 3 is 2.76 bits per heavy atom. The summed E-state index contributed by atoms with van der Waals surface area (Å²) in [6, 6.07) is 3.96. The van der Waals surface area contributed by atoms with E-state index in [1.54, 1.807) is 0 Å². The van der Waals surface area contributed by atoms with E-state index in [-0.39, 0.29) is 23.1 Å². The number of halogens is 2. The molecule has 5 nitrogen and oxygen atoms in total. The maximum atomic E-state index is 13.1. The summed E-state index contributed by atoms with van der Waals surface area (Å²) in [6.45, 7) is 0. The number of hydrogen-bond donors (Lipinski definition) is 2. The van der Waals surface area contributed by atoms with E-state index < -0.39 is 6.29 Å². The first-order valence-corrected chi connectivity index (χ1v) is 8.84. The molecule has 7 heteroatoms. The second-order valence-electron chi connectivity index (χ2n) is 8.21. The van der Waals surface area contributed by atoms with Gasteiger partial charge in [-0.2, -0.15) is 0 Å². The van der Waals surface area contributed by atoms with Gasteiger partial charge >= 0.3 is 12.3 Å². The largest absolute Gasteiger partial charge is 0.586 e. The molecule has 5 aliphatic rings. The standard InChI is InChI=1S/C18H20F2N2O3/c19-18(20)24-13-4-3-12(6-14(13)25-18)21-15(23)22-17-8-11-2-1-5-16(7-11,9-17)10-17/h3-4,6,11H,1-2,5,7-10H2,(H2,21,22,23). The molecule has 0 radical (unpaired) electrons. The Labute approximate surface area is 144 Å². The summed E-state index contributed by atoms with van der Waals surface area (Å²) >= 11 is 0. The van der Waals surface area contributed by atoms with Crippen molar-refractivity contribution >= 4 is 11.7 Å². The minimum Gasteiger partial charge on any atom is -0.395 e. The second-order valence-corrected chi connectivity index (χ2v) is 8.21. The smallest absolute Gasteiger partial charge is 0.395 e. The predicted molar refractivity (Wildman–Crippen MR) is 85.8 cm³/mol. The second kappa shape index (κ2) is 4.77. The molecule has 1 aromatic rings. The van der Waals surface area contributed by atoms with Crippen LogP contribution in [0.5, 0.6) is 11.5 Å². The van der Waals surface area contributed by atoms with Gasteiger partial charge < -0.3 is 20.1 Å². The van der Waals surface area contributed by atoms with Crippen molar-refractivity contribution in [2.45, 2.75) is 56.8 Å². The normalized spacial score (nSPS) is 36.3. The molecule has 4 saturated carbocycles. The van der Waals surface area contributed by atoms with Crippen molar-refractivity contribution in [2.24, 2.45) is 11.3 Å². The predicted octanol–water partition coefficient (Wildman–Crippen LogP) is 4.24. The van der Waals surface area contributed by atoms with Crippen LogP contribution in [0.4, 0.5) is 19.3 Å². The number of amides is 2. The summed E-state index contributed by atoms with van der Waals surface area (Å²) in [5, 5.41) is 5.88. The SMILES string of the molecule is O=C(Nc1ccc2c(c1)OC(F)(F)O2)NC12CC3CCCC(C3)(C1)C2. The number of carbonyl (C=O) groups excluding carboxylic acids is 1. The van der Waals surface area contributed by atoms with Crippen molar-refractivity contribution in [2.75, 3.05) is 5.32 Å². The first kappa shape index (κ1) is 15.2. The monoisotopic (exact) mass is 350 g/mol. The lowest BCUT2D eigenvalue weighted by Gasteiger charge is -2.65. The van der Waals surface area contributed by atoms with Crippen LogP contribution in [-0.4, -0.2) is 17.9 Å². The molecule has 1 atom stereocenters. The number of nitrogens with one attached hydrogen (secondary N) is 2. The highest BCUT2D eigenvalue weighted by Gasteiger charge is 2.61. The summed E-state index contributed by atoms with van der Waals surface area (Å²) in [6.07, 6.45) is 4.71. The summed E-state index contributed by atoms with van der Waals surface area (Å²) in [5.41, 5.74) is 0.772. The number of carbonyl (C=O) groups is 1. The van der Waals surface area contributed by atoms with E-state index >= 15 is 0 Å². The Balaban J connectivity index is 1.25. The fourth-order valence-corrected chi connectivity index (χ4v) is 5.73.